The van der Waals surface area contributed by atoms with Crippen molar-refractivity contribution in [3.05, 3.63) is 23.8 Å². The maximum absolute atomic E-state index is 14.6. The molecule has 4 heterocycles. The quantitative estimate of drug-likeness (QED) is 0.123. The number of amides is 9. The lowest BCUT2D eigenvalue weighted by Crippen LogP contribution is -2.62. The van der Waals surface area contributed by atoms with E-state index in [2.05, 4.69) is 42.2 Å². The molecule has 24 nitrogen and oxygen atoms in total. The number of hydrogen-bond donors (Lipinski definition) is 13. The van der Waals surface area contributed by atoms with Crippen LogP contribution in [0, 0.1) is 11.8 Å². The molecule has 0 saturated carbocycles. The Hall–Kier alpha value is -6.18. The molecule has 1 aromatic carbocycles. The van der Waals surface area contributed by atoms with Gasteiger partial charge in [-0.3, -0.25) is 47.4 Å². The van der Waals surface area contributed by atoms with Crippen LogP contribution < -0.4 is 43.0 Å². The lowest BCUT2D eigenvalue weighted by molar-refractivity contribution is -0.144. The average molecular weight is 919 g/mol. The summed E-state index contributed by atoms with van der Waals surface area (Å²) in [4.78, 5) is 127. The molecule has 3 aliphatic heterocycles. The van der Waals surface area contributed by atoms with Crippen LogP contribution in [0.15, 0.2) is 23.2 Å². The second kappa shape index (κ2) is 21.0. The second-order valence-corrected chi connectivity index (χ2v) is 17.6. The zero-order valence-corrected chi connectivity index (χ0v) is 36.0. The molecule has 0 aliphatic carbocycles. The van der Waals surface area contributed by atoms with Crippen LogP contribution >= 0.6 is 0 Å². The molecule has 11 atom stereocenters. The van der Waals surface area contributed by atoms with Crippen LogP contribution in [0.5, 0.6) is 5.75 Å². The molecule has 1 saturated heterocycles. The molecule has 3 aliphatic rings. The standard InChI is InChI=1S/C39H54N10O14S/c1-4-16(2)31-36(60)42-11-29(55)43-25-15-64(63)38-21(20-6-5-18(51)7-22(20)46-38)9-23(33(57)41-12-30(56)47-31)44-37(61)32(17(3)27(53)14-50)48-35(59)26-8-19(52)13-49(26)39(62)24(10-28(40)54)45-34(25)58/h5-7,16-17,19,23-27,31-32,46,50-53H,4,8-15H2,1-3H3,(H2,40,54)(H,41,57)(H,42,60)(H,43,55)(H,44,61)(H,45,58)(H,47,56)(H,48,59)/t16-,17-,19+,23-,24-,25-,26-,27-,31-,32-,64?/m0/s1. The van der Waals surface area contributed by atoms with E-state index in [1.165, 1.54) is 25.1 Å². The predicted octanol–water partition coefficient (Wildman–Crippen LogP) is -5.92. The van der Waals surface area contributed by atoms with Gasteiger partial charge >= 0.3 is 0 Å². The zero-order chi connectivity index (χ0) is 47.2. The molecule has 25 heteroatoms. The van der Waals surface area contributed by atoms with Gasteiger partial charge in [-0.2, -0.15) is 0 Å². The van der Waals surface area contributed by atoms with Crippen LogP contribution in [0.1, 0.15) is 45.6 Å². The third-order valence-corrected chi connectivity index (χ3v) is 13.0. The van der Waals surface area contributed by atoms with Gasteiger partial charge in [-0.15, -0.1) is 0 Å². The van der Waals surface area contributed by atoms with Gasteiger partial charge in [0.25, 0.3) is 0 Å². The van der Waals surface area contributed by atoms with E-state index in [4.69, 9.17) is 5.73 Å². The maximum Gasteiger partial charge on any atom is 0.246 e. The summed E-state index contributed by atoms with van der Waals surface area (Å²) in [5.41, 5.74) is 5.73. The summed E-state index contributed by atoms with van der Waals surface area (Å²) in [7, 11) is -2.38. The normalized spacial score (nSPS) is 28.5. The Balaban J connectivity index is 1.73. The van der Waals surface area contributed by atoms with Crippen molar-refractivity contribution in [2.24, 2.45) is 17.6 Å². The number of carbonyl (C=O) groups is 9. The number of nitrogens with two attached hydrogens (primary N) is 1. The van der Waals surface area contributed by atoms with Crippen LogP contribution in [0.25, 0.3) is 10.9 Å². The number of carbonyl (C=O) groups excluding carboxylic acids is 9. The number of H-pyrrole nitrogens is 1. The van der Waals surface area contributed by atoms with Crippen molar-refractivity contribution >= 4 is 74.9 Å². The van der Waals surface area contributed by atoms with Crippen molar-refractivity contribution < 1.29 is 67.8 Å². The summed E-state index contributed by atoms with van der Waals surface area (Å²) in [6.45, 7) is 1.76. The third-order valence-electron chi connectivity index (χ3n) is 11.5. The Kier molecular flexibility index (Phi) is 16.0. The maximum atomic E-state index is 14.6. The predicted molar refractivity (Wildman–Crippen MR) is 222 cm³/mol. The summed E-state index contributed by atoms with van der Waals surface area (Å²) in [6, 6.07) is -5.99. The molecular weight excluding hydrogens is 865 g/mol. The van der Waals surface area contributed by atoms with Crippen molar-refractivity contribution in [3.63, 3.8) is 0 Å². The lowest BCUT2D eigenvalue weighted by atomic mass is 9.93. The fraction of sp³-hybridized carbons (Fsp3) is 0.564. The number of phenolic OH excluding ortho intramolecular Hbond substituents is 1. The first-order valence-corrected chi connectivity index (χ1v) is 21.9. The fourth-order valence-corrected chi connectivity index (χ4v) is 9.10. The van der Waals surface area contributed by atoms with Gasteiger partial charge in [-0.1, -0.05) is 27.2 Å². The van der Waals surface area contributed by atoms with Gasteiger partial charge in [0.2, 0.25) is 53.2 Å². The number of fused-ring (bicyclic) bond motifs is 5. The topological polar surface area (TPSA) is 381 Å². The van der Waals surface area contributed by atoms with E-state index in [-0.39, 0.29) is 27.2 Å². The lowest BCUT2D eigenvalue weighted by Gasteiger charge is -2.32. The molecule has 14 N–H and O–H groups in total. The number of aromatic hydroxyl groups is 1. The highest BCUT2D eigenvalue weighted by atomic mass is 32.2. The van der Waals surface area contributed by atoms with Crippen molar-refractivity contribution in [1.82, 2.24) is 47.1 Å². The van der Waals surface area contributed by atoms with Crippen molar-refractivity contribution in [3.8, 4) is 5.75 Å². The van der Waals surface area contributed by atoms with Gasteiger partial charge in [0.05, 0.1) is 60.4 Å². The number of aliphatic hydroxyl groups excluding tert-OH is 3. The number of hydrogen-bond acceptors (Lipinski definition) is 14. The van der Waals surface area contributed by atoms with Crippen molar-refractivity contribution in [2.45, 2.75) is 99.9 Å². The summed E-state index contributed by atoms with van der Waals surface area (Å²) in [5.74, 6) is -12.1. The van der Waals surface area contributed by atoms with E-state index < -0.39 is 176 Å². The highest BCUT2D eigenvalue weighted by molar-refractivity contribution is 7.85. The minimum Gasteiger partial charge on any atom is -0.508 e. The van der Waals surface area contributed by atoms with E-state index >= 15 is 0 Å². The number of primary amides is 1. The minimum atomic E-state index is -2.38. The van der Waals surface area contributed by atoms with E-state index in [0.29, 0.717) is 6.42 Å². The van der Waals surface area contributed by atoms with E-state index in [1.807, 2.05) is 0 Å². The zero-order valence-electron chi connectivity index (χ0n) is 35.2. The summed E-state index contributed by atoms with van der Waals surface area (Å²) in [5, 5.41) is 58.8. The molecular formula is C39H54N10O14S. The smallest absolute Gasteiger partial charge is 0.246 e. The molecule has 350 valence electrons. The van der Waals surface area contributed by atoms with Crippen LogP contribution in [0.3, 0.4) is 0 Å². The van der Waals surface area contributed by atoms with Gasteiger partial charge in [0, 0.05) is 36.8 Å². The van der Waals surface area contributed by atoms with Crippen LogP contribution in [-0.2, 0) is 60.4 Å². The van der Waals surface area contributed by atoms with Crippen LogP contribution in [0.4, 0.5) is 0 Å². The number of phenols is 1. The summed E-state index contributed by atoms with van der Waals surface area (Å²) >= 11 is 0. The fourth-order valence-electron chi connectivity index (χ4n) is 7.70. The molecule has 5 rings (SSSR count). The SMILES string of the molecule is CC[C@H](C)[C@@H]1NC(=O)CNC(=O)[C@@H]2Cc3c([nH]c4cc(O)ccc34)S(=O)C[C@H](NC(=O)CNC1=O)C(=O)N[C@@H](CC(N)=O)C(=O)N1C[C@H](O)C[C@H]1C(=O)N[C@@H]([C@@H](C)[C@@H](O)CO)C(=O)N2. The molecule has 9 amide bonds. The van der Waals surface area contributed by atoms with Crippen molar-refractivity contribution in [1.29, 1.82) is 0 Å². The second-order valence-electron chi connectivity index (χ2n) is 16.1. The first-order valence-electron chi connectivity index (χ1n) is 20.6. The Morgan fingerprint density at radius 3 is 2.20 bits per heavy atom. The van der Waals surface area contributed by atoms with Gasteiger partial charge in [-0.05, 0) is 23.6 Å². The largest absolute Gasteiger partial charge is 0.508 e. The summed E-state index contributed by atoms with van der Waals surface area (Å²) < 4.78 is 14.6. The van der Waals surface area contributed by atoms with Gasteiger partial charge in [0.1, 0.15) is 47.0 Å². The summed E-state index contributed by atoms with van der Waals surface area (Å²) in [6.07, 6.45) is -4.42. The van der Waals surface area contributed by atoms with E-state index in [0.717, 1.165) is 4.90 Å². The number of benzene rings is 1. The monoisotopic (exact) mass is 918 g/mol. The first-order chi connectivity index (χ1) is 30.2. The van der Waals surface area contributed by atoms with Crippen LogP contribution in [-0.4, -0.2) is 168 Å². The third kappa shape index (κ3) is 11.5. The number of aromatic amines is 1. The first kappa shape index (κ1) is 48.8. The Morgan fingerprint density at radius 1 is 0.875 bits per heavy atom. The molecule has 2 bridgehead atoms. The molecule has 1 unspecified atom stereocenters. The van der Waals surface area contributed by atoms with Gasteiger partial charge in [-0.25, -0.2) is 0 Å². The van der Waals surface area contributed by atoms with E-state index in [9.17, 15) is 67.8 Å². The molecule has 0 spiro atoms. The number of aromatic nitrogens is 1. The van der Waals surface area contributed by atoms with Crippen LogP contribution in [0.2, 0.25) is 0 Å². The average Bonchev–Trinajstić information content (AvgIpc) is 3.82. The Labute approximate surface area is 368 Å². The number of rotatable bonds is 7. The number of nitrogens with zero attached hydrogens (tertiary/aromatic N) is 1. The number of aliphatic hydroxyl groups is 3. The number of nitrogens with one attached hydrogen (secondary N) is 8. The molecule has 1 fully saturated rings. The van der Waals surface area contributed by atoms with Gasteiger partial charge in [0.15, 0.2) is 0 Å². The minimum absolute atomic E-state index is 0.0800. The molecule has 64 heavy (non-hydrogen) atoms. The molecule has 1 aromatic heterocycles. The highest BCUT2D eigenvalue weighted by Crippen LogP contribution is 2.30. The van der Waals surface area contributed by atoms with Crippen molar-refractivity contribution in [2.75, 3.05) is 32.0 Å². The molecule has 0 radical (unpaired) electrons. The Morgan fingerprint density at radius 2 is 1.55 bits per heavy atom. The van der Waals surface area contributed by atoms with E-state index in [1.54, 1.807) is 13.8 Å². The highest BCUT2D eigenvalue weighted by Gasteiger charge is 2.45. The molecule has 2 aromatic rings. The Bertz CT molecular complexity index is 2200. The van der Waals surface area contributed by atoms with Gasteiger partial charge < -0.3 is 73.3 Å².